The van der Waals surface area contributed by atoms with Gasteiger partial charge in [-0.1, -0.05) is 23.7 Å². The Hall–Kier alpha value is -2.28. The molecule has 1 aliphatic heterocycles. The Morgan fingerprint density at radius 2 is 2.07 bits per heavy atom. The molecule has 1 heterocycles. The molecule has 1 amide bonds. The summed E-state index contributed by atoms with van der Waals surface area (Å²) in [6.45, 7) is 7.21. The Labute approximate surface area is 171 Å². The summed E-state index contributed by atoms with van der Waals surface area (Å²) in [5, 5.41) is 6.52. The van der Waals surface area contributed by atoms with Crippen molar-refractivity contribution in [2.75, 3.05) is 39.3 Å². The topological polar surface area (TPSA) is 83.0 Å². The third kappa shape index (κ3) is 6.41. The summed E-state index contributed by atoms with van der Waals surface area (Å²) in [6, 6.07) is 6.94. The van der Waals surface area contributed by atoms with Crippen molar-refractivity contribution in [3.05, 3.63) is 34.9 Å². The lowest BCUT2D eigenvalue weighted by Gasteiger charge is -2.34. The molecule has 2 N–H and O–H groups in total. The van der Waals surface area contributed by atoms with Crippen LogP contribution in [0.3, 0.4) is 0 Å². The van der Waals surface area contributed by atoms with E-state index >= 15 is 0 Å². The zero-order valence-electron chi connectivity index (χ0n) is 16.5. The summed E-state index contributed by atoms with van der Waals surface area (Å²) >= 11 is 6.04. The summed E-state index contributed by atoms with van der Waals surface area (Å²) in [6.07, 6.45) is 1.75. The van der Waals surface area contributed by atoms with Crippen LogP contribution >= 0.6 is 11.6 Å². The van der Waals surface area contributed by atoms with Gasteiger partial charge in [0.25, 0.3) is 5.91 Å². The number of guanidine groups is 1. The third-order valence-electron chi connectivity index (χ3n) is 4.45. The second kappa shape index (κ2) is 11.5. The molecule has 1 aliphatic rings. The number of aliphatic imine (C=N–C) groups is 1. The number of carbonyl (C=O) groups is 2. The zero-order chi connectivity index (χ0) is 20.4. The Morgan fingerprint density at radius 1 is 1.29 bits per heavy atom. The summed E-state index contributed by atoms with van der Waals surface area (Å²) in [7, 11) is 0. The lowest BCUT2D eigenvalue weighted by molar-refractivity contribution is -0.149. The number of benzene rings is 1. The number of rotatable bonds is 7. The van der Waals surface area contributed by atoms with Gasteiger partial charge in [-0.3, -0.25) is 14.6 Å². The predicted octanol–water partition coefficient (Wildman–Crippen LogP) is 2.31. The number of likely N-dealkylation sites (tertiary alicyclic amines) is 1. The maximum absolute atomic E-state index is 12.2. The Bertz CT molecular complexity index is 696. The van der Waals surface area contributed by atoms with Crippen molar-refractivity contribution in [1.82, 2.24) is 15.5 Å². The second-order valence-corrected chi connectivity index (χ2v) is 6.92. The van der Waals surface area contributed by atoms with Crippen LogP contribution in [0.25, 0.3) is 0 Å². The zero-order valence-corrected chi connectivity index (χ0v) is 17.3. The number of amides is 1. The van der Waals surface area contributed by atoms with E-state index in [1.165, 1.54) is 0 Å². The summed E-state index contributed by atoms with van der Waals surface area (Å²) in [4.78, 5) is 30.9. The van der Waals surface area contributed by atoms with E-state index in [1.54, 1.807) is 24.3 Å². The molecule has 0 bridgehead atoms. The van der Waals surface area contributed by atoms with Crippen LogP contribution in [0, 0.1) is 5.92 Å². The number of nitrogens with zero attached hydrogens (tertiary/aromatic N) is 2. The molecule has 28 heavy (non-hydrogen) atoms. The van der Waals surface area contributed by atoms with Gasteiger partial charge in [0.1, 0.15) is 0 Å². The minimum absolute atomic E-state index is 0.127. The molecule has 0 saturated carbocycles. The molecule has 0 aromatic heterocycles. The number of hydrogen-bond donors (Lipinski definition) is 2. The van der Waals surface area contributed by atoms with Crippen LogP contribution in [0.1, 0.15) is 37.0 Å². The van der Waals surface area contributed by atoms with E-state index in [4.69, 9.17) is 16.3 Å². The number of piperidine rings is 1. The fraction of sp³-hybridized carbons (Fsp3) is 0.550. The Kier molecular flexibility index (Phi) is 9.07. The number of hydrogen-bond acceptors (Lipinski definition) is 4. The van der Waals surface area contributed by atoms with Crippen LogP contribution in [-0.4, -0.2) is 62.1 Å². The van der Waals surface area contributed by atoms with E-state index in [1.807, 2.05) is 13.8 Å². The monoisotopic (exact) mass is 408 g/mol. The number of esters is 1. The highest BCUT2D eigenvalue weighted by Gasteiger charge is 2.28. The number of ether oxygens (including phenoxy) is 1. The summed E-state index contributed by atoms with van der Waals surface area (Å²) in [5.74, 6) is 0.266. The maximum atomic E-state index is 12.2. The van der Waals surface area contributed by atoms with E-state index in [0.29, 0.717) is 36.8 Å². The van der Waals surface area contributed by atoms with E-state index < -0.39 is 0 Å². The Balaban J connectivity index is 1.90. The van der Waals surface area contributed by atoms with Gasteiger partial charge in [-0.15, -0.1) is 0 Å². The normalized spacial score (nSPS) is 17.2. The molecule has 0 aliphatic carbocycles. The minimum atomic E-state index is -0.217. The van der Waals surface area contributed by atoms with Crippen molar-refractivity contribution in [1.29, 1.82) is 0 Å². The van der Waals surface area contributed by atoms with Gasteiger partial charge in [-0.25, -0.2) is 0 Å². The molecule has 1 atom stereocenters. The van der Waals surface area contributed by atoms with Crippen LogP contribution in [0.2, 0.25) is 5.02 Å². The molecule has 1 aromatic rings. The summed E-state index contributed by atoms with van der Waals surface area (Å²) in [5.41, 5.74) is 0.452. The average molecular weight is 409 g/mol. The van der Waals surface area contributed by atoms with Crippen molar-refractivity contribution in [3.63, 3.8) is 0 Å². The average Bonchev–Trinajstić information content (AvgIpc) is 2.70. The molecule has 154 valence electrons. The molecule has 2 rings (SSSR count). The predicted molar refractivity (Wildman–Crippen MR) is 111 cm³/mol. The van der Waals surface area contributed by atoms with E-state index in [9.17, 15) is 9.59 Å². The summed E-state index contributed by atoms with van der Waals surface area (Å²) < 4.78 is 5.16. The minimum Gasteiger partial charge on any atom is -0.466 e. The number of carbonyl (C=O) groups excluding carboxylic acids is 2. The van der Waals surface area contributed by atoms with Crippen LogP contribution < -0.4 is 10.6 Å². The first-order valence-corrected chi connectivity index (χ1v) is 10.2. The number of halogens is 1. The quantitative estimate of drug-likeness (QED) is 0.313. The molecular weight excluding hydrogens is 380 g/mol. The maximum Gasteiger partial charge on any atom is 0.310 e. The third-order valence-corrected chi connectivity index (χ3v) is 4.78. The fourth-order valence-electron chi connectivity index (χ4n) is 3.12. The van der Waals surface area contributed by atoms with Crippen LogP contribution in [-0.2, 0) is 9.53 Å². The van der Waals surface area contributed by atoms with Gasteiger partial charge in [0, 0.05) is 26.2 Å². The van der Waals surface area contributed by atoms with Gasteiger partial charge >= 0.3 is 5.97 Å². The molecule has 1 unspecified atom stereocenters. The van der Waals surface area contributed by atoms with E-state index in [0.717, 1.165) is 31.9 Å². The molecule has 0 radical (unpaired) electrons. The lowest BCUT2D eigenvalue weighted by atomic mass is 9.98. The highest BCUT2D eigenvalue weighted by atomic mass is 35.5. The highest BCUT2D eigenvalue weighted by Crippen LogP contribution is 2.18. The first-order valence-electron chi connectivity index (χ1n) is 9.79. The van der Waals surface area contributed by atoms with Crippen molar-refractivity contribution in [2.24, 2.45) is 10.9 Å². The van der Waals surface area contributed by atoms with Crippen molar-refractivity contribution in [2.45, 2.75) is 26.7 Å². The van der Waals surface area contributed by atoms with Gasteiger partial charge in [0.15, 0.2) is 5.96 Å². The van der Waals surface area contributed by atoms with Gasteiger partial charge in [0.2, 0.25) is 0 Å². The van der Waals surface area contributed by atoms with Crippen molar-refractivity contribution >= 4 is 29.4 Å². The van der Waals surface area contributed by atoms with E-state index in [-0.39, 0.29) is 17.8 Å². The molecule has 8 heteroatoms. The van der Waals surface area contributed by atoms with Gasteiger partial charge in [-0.2, -0.15) is 0 Å². The molecule has 0 spiro atoms. The molecule has 1 fully saturated rings. The second-order valence-electron chi connectivity index (χ2n) is 6.51. The standard InChI is InChI=1S/C20H29ClN4O3/c1-3-22-20(25-13-7-8-15(14-25)19(27)28-4-2)24-12-11-23-18(26)16-9-5-6-10-17(16)21/h5-6,9-10,15H,3-4,7-8,11-14H2,1-2H3,(H,22,24)(H,23,26). The van der Waals surface area contributed by atoms with Gasteiger partial charge in [-0.05, 0) is 38.8 Å². The van der Waals surface area contributed by atoms with Crippen molar-refractivity contribution in [3.8, 4) is 0 Å². The first-order chi connectivity index (χ1) is 13.6. The number of nitrogens with one attached hydrogen (secondary N) is 2. The molecule has 7 nitrogen and oxygen atoms in total. The van der Waals surface area contributed by atoms with Crippen LogP contribution in [0.5, 0.6) is 0 Å². The van der Waals surface area contributed by atoms with Crippen LogP contribution in [0.4, 0.5) is 0 Å². The lowest BCUT2D eigenvalue weighted by Crippen LogP contribution is -2.48. The molecule has 1 aromatic carbocycles. The molecular formula is C20H29ClN4O3. The van der Waals surface area contributed by atoms with Crippen molar-refractivity contribution < 1.29 is 14.3 Å². The Morgan fingerprint density at radius 3 is 2.79 bits per heavy atom. The smallest absolute Gasteiger partial charge is 0.310 e. The largest absolute Gasteiger partial charge is 0.466 e. The molecule has 1 saturated heterocycles. The van der Waals surface area contributed by atoms with E-state index in [2.05, 4.69) is 20.5 Å². The highest BCUT2D eigenvalue weighted by molar-refractivity contribution is 6.33. The van der Waals surface area contributed by atoms with Crippen LogP contribution in [0.15, 0.2) is 29.3 Å². The fourth-order valence-corrected chi connectivity index (χ4v) is 3.34. The SMILES string of the molecule is CCNC(=NCCNC(=O)c1ccccc1Cl)N1CCCC(C(=O)OCC)C1. The van der Waals surface area contributed by atoms with Gasteiger partial charge < -0.3 is 20.3 Å². The van der Waals surface area contributed by atoms with Gasteiger partial charge in [0.05, 0.1) is 29.7 Å². The first kappa shape index (κ1) is 22.0.